The molecule has 0 spiro atoms. The van der Waals surface area contributed by atoms with Gasteiger partial charge in [0.25, 0.3) is 0 Å². The zero-order valence-electron chi connectivity index (χ0n) is 11.4. The summed E-state index contributed by atoms with van der Waals surface area (Å²) >= 11 is 0. The Balaban J connectivity index is 4.42. The third kappa shape index (κ3) is 5.79. The van der Waals surface area contributed by atoms with Crippen LogP contribution in [0.25, 0.3) is 0 Å². The predicted molar refractivity (Wildman–Crippen MR) is 67.4 cm³/mol. The number of ether oxygens (including phenoxy) is 1. The number of carbonyl (C=O) groups excluding carboxylic acids is 1. The first-order valence-corrected chi connectivity index (χ1v) is 5.84. The minimum absolute atomic E-state index is 0.0140. The van der Waals surface area contributed by atoms with E-state index in [1.807, 2.05) is 27.7 Å². The molecule has 0 aromatic rings. The average molecular weight is 227 g/mol. The Hall–Kier alpha value is -0.990. The first kappa shape index (κ1) is 15.0. The minimum Gasteiger partial charge on any atom is -0.444 e. The number of alkyl carbamates (subject to hydrolysis) is 1. The van der Waals surface area contributed by atoms with Crippen LogP contribution in [0.3, 0.4) is 0 Å². The molecular formula is C13H25NO2. The Labute approximate surface area is 99.3 Å². The molecular weight excluding hydrogens is 202 g/mol. The second-order valence-corrected chi connectivity index (χ2v) is 5.38. The molecule has 0 aliphatic carbocycles. The Morgan fingerprint density at radius 2 is 1.88 bits per heavy atom. The van der Waals surface area contributed by atoms with E-state index in [1.165, 1.54) is 0 Å². The molecule has 0 bridgehead atoms. The third-order valence-corrected chi connectivity index (χ3v) is 2.23. The van der Waals surface area contributed by atoms with Crippen LogP contribution in [0.5, 0.6) is 0 Å². The van der Waals surface area contributed by atoms with Crippen molar-refractivity contribution in [2.75, 3.05) is 0 Å². The Morgan fingerprint density at radius 3 is 2.19 bits per heavy atom. The van der Waals surface area contributed by atoms with Crippen LogP contribution in [0.1, 0.15) is 48.0 Å². The number of hydrogen-bond acceptors (Lipinski definition) is 2. The lowest BCUT2D eigenvalue weighted by Crippen LogP contribution is -2.42. The average Bonchev–Trinajstić information content (AvgIpc) is 2.09. The highest BCUT2D eigenvalue weighted by Gasteiger charge is 2.22. The molecule has 0 heterocycles. The van der Waals surface area contributed by atoms with Crippen LogP contribution in [0.15, 0.2) is 12.2 Å². The summed E-state index contributed by atoms with van der Waals surface area (Å²) in [5.41, 5.74) is 0.569. The molecule has 0 rings (SSSR count). The van der Waals surface area contributed by atoms with E-state index in [0.717, 1.165) is 12.0 Å². The van der Waals surface area contributed by atoms with Crippen molar-refractivity contribution in [3.63, 3.8) is 0 Å². The van der Waals surface area contributed by atoms with Crippen molar-refractivity contribution < 1.29 is 9.53 Å². The Kier molecular flexibility index (Phi) is 5.56. The SMILES string of the molecule is C=C(CC)C(NC(=O)OC(C)(C)C)C(C)C. The van der Waals surface area contributed by atoms with E-state index in [9.17, 15) is 4.79 Å². The van der Waals surface area contributed by atoms with Gasteiger partial charge in [0.2, 0.25) is 0 Å². The maximum atomic E-state index is 11.6. The lowest BCUT2D eigenvalue weighted by atomic mass is 9.95. The van der Waals surface area contributed by atoms with Gasteiger partial charge in [-0.1, -0.05) is 32.9 Å². The lowest BCUT2D eigenvalue weighted by Gasteiger charge is -2.26. The summed E-state index contributed by atoms with van der Waals surface area (Å²) in [5, 5.41) is 2.86. The molecule has 1 unspecified atom stereocenters. The highest BCUT2D eigenvalue weighted by atomic mass is 16.6. The molecule has 1 amide bonds. The second kappa shape index (κ2) is 5.92. The summed E-state index contributed by atoms with van der Waals surface area (Å²) in [6.07, 6.45) is 0.486. The van der Waals surface area contributed by atoms with Crippen molar-refractivity contribution >= 4 is 6.09 Å². The zero-order valence-corrected chi connectivity index (χ0v) is 11.4. The fraction of sp³-hybridized carbons (Fsp3) is 0.769. The van der Waals surface area contributed by atoms with Gasteiger partial charge in [-0.3, -0.25) is 0 Å². The normalized spacial score (nSPS) is 13.4. The van der Waals surface area contributed by atoms with Gasteiger partial charge in [-0.05, 0) is 33.1 Å². The van der Waals surface area contributed by atoms with Crippen LogP contribution in [0.2, 0.25) is 0 Å². The van der Waals surface area contributed by atoms with Crippen LogP contribution >= 0.6 is 0 Å². The first-order valence-electron chi connectivity index (χ1n) is 5.84. The van der Waals surface area contributed by atoms with Crippen LogP contribution in [-0.4, -0.2) is 17.7 Å². The van der Waals surface area contributed by atoms with Crippen molar-refractivity contribution in [2.24, 2.45) is 5.92 Å². The van der Waals surface area contributed by atoms with Gasteiger partial charge in [-0.2, -0.15) is 0 Å². The summed E-state index contributed by atoms with van der Waals surface area (Å²) in [6.45, 7) is 15.7. The number of hydrogen-bond donors (Lipinski definition) is 1. The van der Waals surface area contributed by atoms with Crippen molar-refractivity contribution in [1.29, 1.82) is 0 Å². The summed E-state index contributed by atoms with van der Waals surface area (Å²) in [6, 6.07) is -0.0140. The largest absolute Gasteiger partial charge is 0.444 e. The van der Waals surface area contributed by atoms with Crippen LogP contribution in [0.4, 0.5) is 4.79 Å². The summed E-state index contributed by atoms with van der Waals surface area (Å²) in [7, 11) is 0. The van der Waals surface area contributed by atoms with E-state index in [-0.39, 0.29) is 12.1 Å². The van der Waals surface area contributed by atoms with Gasteiger partial charge < -0.3 is 10.1 Å². The first-order chi connectivity index (χ1) is 7.17. The fourth-order valence-corrected chi connectivity index (χ4v) is 1.39. The molecule has 0 fully saturated rings. The van der Waals surface area contributed by atoms with E-state index in [4.69, 9.17) is 4.74 Å². The Morgan fingerprint density at radius 1 is 1.38 bits per heavy atom. The number of carbonyl (C=O) groups is 1. The van der Waals surface area contributed by atoms with Gasteiger partial charge in [0.15, 0.2) is 0 Å². The molecule has 3 heteroatoms. The highest BCUT2D eigenvalue weighted by molar-refractivity contribution is 5.68. The second-order valence-electron chi connectivity index (χ2n) is 5.38. The van der Waals surface area contributed by atoms with Gasteiger partial charge >= 0.3 is 6.09 Å². The van der Waals surface area contributed by atoms with Crippen molar-refractivity contribution in [1.82, 2.24) is 5.32 Å². The molecule has 0 aromatic carbocycles. The Bertz CT molecular complexity index is 251. The predicted octanol–water partition coefficient (Wildman–Crippen LogP) is 3.50. The quantitative estimate of drug-likeness (QED) is 0.746. The maximum absolute atomic E-state index is 11.6. The summed E-state index contributed by atoms with van der Waals surface area (Å²) < 4.78 is 5.22. The van der Waals surface area contributed by atoms with Gasteiger partial charge in [0.05, 0.1) is 6.04 Å². The summed E-state index contributed by atoms with van der Waals surface area (Å²) in [5.74, 6) is 0.319. The molecule has 16 heavy (non-hydrogen) atoms. The van der Waals surface area contributed by atoms with Crippen LogP contribution in [-0.2, 0) is 4.74 Å². The van der Waals surface area contributed by atoms with Gasteiger partial charge in [-0.25, -0.2) is 4.79 Å². The van der Waals surface area contributed by atoms with Crippen LogP contribution in [0, 0.1) is 5.92 Å². The minimum atomic E-state index is -0.459. The smallest absolute Gasteiger partial charge is 0.408 e. The third-order valence-electron chi connectivity index (χ3n) is 2.23. The zero-order chi connectivity index (χ0) is 12.9. The van der Waals surface area contributed by atoms with E-state index in [2.05, 4.69) is 25.7 Å². The molecule has 0 aliphatic heterocycles. The van der Waals surface area contributed by atoms with E-state index < -0.39 is 5.60 Å². The molecule has 0 radical (unpaired) electrons. The number of rotatable bonds is 4. The molecule has 0 aliphatic rings. The molecule has 1 N–H and O–H groups in total. The monoisotopic (exact) mass is 227 g/mol. The van der Waals surface area contributed by atoms with Gasteiger partial charge in [0.1, 0.15) is 5.60 Å². The molecule has 0 saturated heterocycles. The summed E-state index contributed by atoms with van der Waals surface area (Å²) in [4.78, 5) is 11.6. The molecule has 0 saturated carbocycles. The molecule has 1 atom stereocenters. The van der Waals surface area contributed by atoms with E-state index >= 15 is 0 Å². The van der Waals surface area contributed by atoms with Gasteiger partial charge in [-0.15, -0.1) is 0 Å². The maximum Gasteiger partial charge on any atom is 0.408 e. The molecule has 3 nitrogen and oxygen atoms in total. The van der Waals surface area contributed by atoms with Crippen molar-refractivity contribution in [3.05, 3.63) is 12.2 Å². The van der Waals surface area contributed by atoms with Gasteiger partial charge in [0, 0.05) is 0 Å². The van der Waals surface area contributed by atoms with E-state index in [0.29, 0.717) is 5.92 Å². The fourth-order valence-electron chi connectivity index (χ4n) is 1.39. The lowest BCUT2D eigenvalue weighted by molar-refractivity contribution is 0.0500. The van der Waals surface area contributed by atoms with Crippen LogP contribution < -0.4 is 5.32 Å². The number of amides is 1. The topological polar surface area (TPSA) is 38.3 Å². The standard InChI is InChI=1S/C13H25NO2/c1-8-10(4)11(9(2)3)14-12(15)16-13(5,6)7/h9,11H,4,8H2,1-3,5-7H3,(H,14,15). The molecule has 0 aromatic heterocycles. The molecule has 94 valence electrons. The van der Waals surface area contributed by atoms with Crippen molar-refractivity contribution in [3.8, 4) is 0 Å². The number of nitrogens with one attached hydrogen (secondary N) is 1. The van der Waals surface area contributed by atoms with Crippen molar-refractivity contribution in [2.45, 2.75) is 59.6 Å². The highest BCUT2D eigenvalue weighted by Crippen LogP contribution is 2.15. The van der Waals surface area contributed by atoms with E-state index in [1.54, 1.807) is 0 Å².